The molecule has 3 heteroatoms. The molecule has 0 saturated carbocycles. The molecule has 0 aromatic heterocycles. The quantitative estimate of drug-likeness (QED) is 0.699. The summed E-state index contributed by atoms with van der Waals surface area (Å²) in [5.41, 5.74) is 0.672. The lowest BCUT2D eigenvalue weighted by Gasteiger charge is -2.14. The van der Waals surface area contributed by atoms with E-state index in [0.717, 1.165) is 4.47 Å². The van der Waals surface area contributed by atoms with Crippen LogP contribution in [0.2, 0.25) is 0 Å². The molecule has 0 aliphatic rings. The van der Waals surface area contributed by atoms with Gasteiger partial charge in [0.05, 0.1) is 0 Å². The Morgan fingerprint density at radius 1 is 1.38 bits per heavy atom. The van der Waals surface area contributed by atoms with Gasteiger partial charge in [-0.25, -0.2) is 4.39 Å². The third kappa shape index (κ3) is 2.68. The zero-order valence-corrected chi connectivity index (χ0v) is 9.86. The fourth-order valence-electron chi connectivity index (χ4n) is 1.12. The van der Waals surface area contributed by atoms with Crippen LogP contribution in [0.3, 0.4) is 0 Å². The highest BCUT2D eigenvalue weighted by molar-refractivity contribution is 9.10. The van der Waals surface area contributed by atoms with Crippen molar-refractivity contribution in [3.63, 3.8) is 0 Å². The highest BCUT2D eigenvalue weighted by Gasteiger charge is 2.15. The van der Waals surface area contributed by atoms with Gasteiger partial charge >= 0.3 is 0 Å². The van der Waals surface area contributed by atoms with Crippen molar-refractivity contribution in [1.29, 1.82) is 0 Å². The molecule has 1 aromatic rings. The van der Waals surface area contributed by atoms with Gasteiger partial charge in [0.15, 0.2) is 0 Å². The van der Waals surface area contributed by atoms with Gasteiger partial charge in [-0.15, -0.1) is 11.6 Å². The summed E-state index contributed by atoms with van der Waals surface area (Å²) < 4.78 is 14.1. The van der Waals surface area contributed by atoms with Crippen molar-refractivity contribution in [2.75, 3.05) is 0 Å². The number of halogens is 3. The van der Waals surface area contributed by atoms with E-state index in [1.165, 1.54) is 6.07 Å². The van der Waals surface area contributed by atoms with Crippen LogP contribution in [-0.2, 0) is 0 Å². The summed E-state index contributed by atoms with van der Waals surface area (Å²) in [5.74, 6) is -0.163. The molecule has 72 valence electrons. The van der Waals surface area contributed by atoms with Crippen molar-refractivity contribution in [1.82, 2.24) is 0 Å². The van der Waals surface area contributed by atoms with Crippen molar-refractivity contribution in [2.45, 2.75) is 25.1 Å². The highest BCUT2D eigenvalue weighted by Crippen LogP contribution is 2.27. The van der Waals surface area contributed by atoms with E-state index in [2.05, 4.69) is 15.9 Å². The van der Waals surface area contributed by atoms with E-state index >= 15 is 0 Å². The lowest BCUT2D eigenvalue weighted by atomic mass is 9.98. The molecular weight excluding hydrogens is 254 g/mol. The van der Waals surface area contributed by atoms with Crippen molar-refractivity contribution in [2.24, 2.45) is 0 Å². The Morgan fingerprint density at radius 3 is 2.46 bits per heavy atom. The summed E-state index contributed by atoms with van der Waals surface area (Å²) in [5, 5.41) is -0.0596. The molecule has 0 radical (unpaired) electrons. The van der Waals surface area contributed by atoms with Gasteiger partial charge in [0.1, 0.15) is 5.82 Å². The molecule has 0 aliphatic carbocycles. The van der Waals surface area contributed by atoms with E-state index in [1.54, 1.807) is 6.07 Å². The number of rotatable bonds is 2. The molecule has 1 rings (SSSR count). The summed E-state index contributed by atoms with van der Waals surface area (Å²) in [6.45, 7) is 3.79. The van der Waals surface area contributed by atoms with Crippen LogP contribution in [0, 0.1) is 5.82 Å². The van der Waals surface area contributed by atoms with E-state index < -0.39 is 0 Å². The van der Waals surface area contributed by atoms with Gasteiger partial charge in [-0.3, -0.25) is 0 Å². The zero-order valence-electron chi connectivity index (χ0n) is 7.52. The molecule has 1 aromatic carbocycles. The van der Waals surface area contributed by atoms with Gasteiger partial charge in [-0.2, -0.15) is 0 Å². The number of hydrogen-bond donors (Lipinski definition) is 0. The van der Waals surface area contributed by atoms with E-state index in [4.69, 9.17) is 11.6 Å². The molecule has 0 fully saturated rings. The predicted octanol–water partition coefficient (Wildman–Crippen LogP) is 4.32. The lowest BCUT2D eigenvalue weighted by molar-refractivity contribution is 0.584. The monoisotopic (exact) mass is 264 g/mol. The fourth-order valence-corrected chi connectivity index (χ4v) is 1.59. The zero-order chi connectivity index (χ0) is 10.0. The van der Waals surface area contributed by atoms with Crippen LogP contribution in [0.15, 0.2) is 22.7 Å². The third-order valence-electron chi connectivity index (χ3n) is 2.14. The topological polar surface area (TPSA) is 0 Å². The van der Waals surface area contributed by atoms with Gasteiger partial charge in [-0.05, 0) is 24.6 Å². The minimum Gasteiger partial charge on any atom is -0.207 e. The van der Waals surface area contributed by atoms with E-state index in [1.807, 2.05) is 19.9 Å². The van der Waals surface area contributed by atoms with Gasteiger partial charge in [0.2, 0.25) is 0 Å². The highest BCUT2D eigenvalue weighted by atomic mass is 79.9. The van der Waals surface area contributed by atoms with Crippen LogP contribution in [0.4, 0.5) is 4.39 Å². The molecule has 0 N–H and O–H groups in total. The minimum absolute atomic E-state index is 0.0368. The first-order chi connectivity index (χ1) is 6.02. The molecule has 2 unspecified atom stereocenters. The number of alkyl halides is 1. The van der Waals surface area contributed by atoms with E-state index in [9.17, 15) is 4.39 Å². The lowest BCUT2D eigenvalue weighted by Crippen LogP contribution is -2.06. The van der Waals surface area contributed by atoms with Crippen molar-refractivity contribution >= 4 is 27.5 Å². The maximum atomic E-state index is 13.4. The fraction of sp³-hybridized carbons (Fsp3) is 0.400. The Kier molecular flexibility index (Phi) is 3.74. The SMILES string of the molecule is CC(Cl)C(C)c1ccc(Br)cc1F. The van der Waals surface area contributed by atoms with Crippen LogP contribution >= 0.6 is 27.5 Å². The maximum absolute atomic E-state index is 13.4. The average Bonchev–Trinajstić information content (AvgIpc) is 2.03. The molecule has 0 heterocycles. The molecule has 13 heavy (non-hydrogen) atoms. The molecule has 0 bridgehead atoms. The minimum atomic E-state index is -0.200. The summed E-state index contributed by atoms with van der Waals surface area (Å²) in [4.78, 5) is 0. The summed E-state index contributed by atoms with van der Waals surface area (Å²) in [6, 6.07) is 5.06. The van der Waals surface area contributed by atoms with Crippen molar-refractivity contribution in [3.05, 3.63) is 34.1 Å². The van der Waals surface area contributed by atoms with Crippen LogP contribution in [0.1, 0.15) is 25.3 Å². The van der Waals surface area contributed by atoms with E-state index in [0.29, 0.717) is 5.56 Å². The second kappa shape index (κ2) is 4.43. The molecule has 0 saturated heterocycles. The standard InChI is InChI=1S/C10H11BrClF/c1-6(7(2)12)9-4-3-8(11)5-10(9)13/h3-7H,1-2H3. The molecule has 0 aliphatic heterocycles. The Hall–Kier alpha value is -0.0800. The third-order valence-corrected chi connectivity index (χ3v) is 3.01. The van der Waals surface area contributed by atoms with Crippen LogP contribution in [0.25, 0.3) is 0 Å². The van der Waals surface area contributed by atoms with Gasteiger partial charge in [0.25, 0.3) is 0 Å². The summed E-state index contributed by atoms with van der Waals surface area (Å²) >= 11 is 9.11. The first-order valence-electron chi connectivity index (χ1n) is 4.11. The molecule has 0 spiro atoms. The smallest absolute Gasteiger partial charge is 0.127 e. The Morgan fingerprint density at radius 2 is 2.00 bits per heavy atom. The second-order valence-corrected chi connectivity index (χ2v) is 4.74. The molecule has 2 atom stereocenters. The van der Waals surface area contributed by atoms with Crippen LogP contribution < -0.4 is 0 Å². The maximum Gasteiger partial charge on any atom is 0.127 e. The van der Waals surface area contributed by atoms with Gasteiger partial charge < -0.3 is 0 Å². The number of benzene rings is 1. The summed E-state index contributed by atoms with van der Waals surface area (Å²) in [6.07, 6.45) is 0. The Labute approximate surface area is 91.2 Å². The van der Waals surface area contributed by atoms with Crippen LogP contribution in [0.5, 0.6) is 0 Å². The Bertz CT molecular complexity index is 299. The largest absolute Gasteiger partial charge is 0.207 e. The van der Waals surface area contributed by atoms with E-state index in [-0.39, 0.29) is 17.1 Å². The first-order valence-corrected chi connectivity index (χ1v) is 5.34. The second-order valence-electron chi connectivity index (χ2n) is 3.13. The van der Waals surface area contributed by atoms with Gasteiger partial charge in [0, 0.05) is 15.8 Å². The van der Waals surface area contributed by atoms with Crippen LogP contribution in [-0.4, -0.2) is 5.38 Å². The Balaban J connectivity index is 3.01. The van der Waals surface area contributed by atoms with Crippen molar-refractivity contribution < 1.29 is 4.39 Å². The molecular formula is C10H11BrClF. The first kappa shape index (κ1) is 11.0. The normalized spacial score (nSPS) is 15.5. The molecule has 0 amide bonds. The molecule has 0 nitrogen and oxygen atoms in total. The summed E-state index contributed by atoms with van der Waals surface area (Å²) in [7, 11) is 0. The number of hydrogen-bond acceptors (Lipinski definition) is 0. The van der Waals surface area contributed by atoms with Gasteiger partial charge in [-0.1, -0.05) is 28.9 Å². The van der Waals surface area contributed by atoms with Crippen molar-refractivity contribution in [3.8, 4) is 0 Å². The predicted molar refractivity (Wildman–Crippen MR) is 57.8 cm³/mol. The average molecular weight is 266 g/mol.